The summed E-state index contributed by atoms with van der Waals surface area (Å²) in [6.07, 6.45) is 9.48. The van der Waals surface area contributed by atoms with Crippen molar-refractivity contribution in [1.29, 1.82) is 0 Å². The Morgan fingerprint density at radius 1 is 1.02 bits per heavy atom. The van der Waals surface area contributed by atoms with Gasteiger partial charge in [-0.2, -0.15) is 0 Å². The lowest BCUT2D eigenvalue weighted by molar-refractivity contribution is -0.140. The molecular formula is C44H62IN5O9S3. The largest absolute Gasteiger partial charge is 0.496 e. The summed E-state index contributed by atoms with van der Waals surface area (Å²) in [6.45, 7) is 6.73. The van der Waals surface area contributed by atoms with Crippen LogP contribution in [0.25, 0.3) is 21.6 Å². The number of nitrogens with zero attached hydrogens (tertiary/aromatic N) is 3. The number of amides is 2. The van der Waals surface area contributed by atoms with Gasteiger partial charge in [0.1, 0.15) is 34.1 Å². The number of pyridine rings is 1. The number of Topliss-reactive ketones (excluding diaryl/α,β-unsaturated/α-hetero) is 1. The fraction of sp³-hybridized carbons (Fsp3) is 0.614. The molecule has 1 aromatic carbocycles. The number of fused-ring (bicyclic) bond motifs is 3. The van der Waals surface area contributed by atoms with Crippen molar-refractivity contribution in [2.45, 2.75) is 121 Å². The number of ketones is 1. The van der Waals surface area contributed by atoms with Crippen LogP contribution in [0.5, 0.6) is 11.5 Å². The first-order chi connectivity index (χ1) is 28.9. The van der Waals surface area contributed by atoms with Gasteiger partial charge in [-0.3, -0.25) is 19.1 Å². The van der Waals surface area contributed by atoms with Crippen LogP contribution in [-0.2, 0) is 34.4 Å². The summed E-state index contributed by atoms with van der Waals surface area (Å²) in [7, 11) is -3.51. The minimum Gasteiger partial charge on any atom is -0.496 e. The first kappa shape index (κ1) is 49.8. The average Bonchev–Trinajstić information content (AvgIpc) is 4.16. The van der Waals surface area contributed by atoms with Gasteiger partial charge in [-0.25, -0.2) is 31.9 Å². The third-order valence-corrected chi connectivity index (χ3v) is 16.5. The molecule has 4 aliphatic carbocycles. The van der Waals surface area contributed by atoms with E-state index in [0.717, 1.165) is 59.3 Å². The van der Waals surface area contributed by atoms with Crippen LogP contribution in [0.4, 0.5) is 0 Å². The van der Waals surface area contributed by atoms with Gasteiger partial charge in [0.15, 0.2) is 0 Å². The standard InChI is InChI=1S/C39H48N4O7S2.C3H7NO2S.CH3I.CH4/c1-22(2)31-21-51-36(41-31)30-18-34(27-13-14-33(49-5)23(3)35(27)40-30)50-25-16-28-29(17-25)37(45)43(4)15-9-7-6-8-10-24-19-39(24,20-32(28)44)38(46)42-52(47,48)26-11-12-26;4-7(5,6)3-1-2-3;1-2;/h8,10,13-14,18,21-22,24-26,28-29H,6-7,9,11-12,15-17,19-20H2,1-5H3,(H,42,46);3H,1-2H2,(H2,4,5,6);1H3;1H4/b10-8-;;;/t24-,25-,28-,29-,39-;;;/m1.../s1. The van der Waals surface area contributed by atoms with Crippen molar-refractivity contribution in [3.63, 3.8) is 0 Å². The summed E-state index contributed by atoms with van der Waals surface area (Å²) >= 11 is 3.67. The second kappa shape index (κ2) is 20.3. The molecule has 0 saturated heterocycles. The summed E-state index contributed by atoms with van der Waals surface area (Å²) in [5.41, 5.74) is 2.08. The van der Waals surface area contributed by atoms with Gasteiger partial charge < -0.3 is 14.4 Å². The smallest absolute Gasteiger partial charge is 0.240 e. The molecule has 0 unspecified atom stereocenters. The van der Waals surface area contributed by atoms with Crippen molar-refractivity contribution in [3.8, 4) is 22.2 Å². The zero-order valence-electron chi connectivity index (χ0n) is 35.7. The number of thiazole rings is 1. The lowest BCUT2D eigenvalue weighted by Crippen LogP contribution is -2.42. The highest BCUT2D eigenvalue weighted by Gasteiger charge is 2.61. The van der Waals surface area contributed by atoms with Gasteiger partial charge in [0.05, 0.1) is 40.2 Å². The number of allylic oxidation sites excluding steroid dienone is 2. The van der Waals surface area contributed by atoms with Gasteiger partial charge in [0.2, 0.25) is 31.9 Å². The van der Waals surface area contributed by atoms with Crippen molar-refractivity contribution in [2.75, 3.05) is 25.6 Å². The number of ether oxygens (including phenoxy) is 2. The molecule has 8 rings (SSSR count). The van der Waals surface area contributed by atoms with Crippen molar-refractivity contribution < 1.29 is 40.7 Å². The summed E-state index contributed by atoms with van der Waals surface area (Å²) in [4.78, 5) is 55.7. The zero-order valence-corrected chi connectivity index (χ0v) is 40.3. The number of primary sulfonamides is 1. The number of carbonyl (C=O) groups excluding carboxylic acids is 3. The molecule has 62 heavy (non-hydrogen) atoms. The van der Waals surface area contributed by atoms with Crippen LogP contribution in [0.2, 0.25) is 0 Å². The Balaban J connectivity index is 0.000000654. The maximum Gasteiger partial charge on any atom is 0.240 e. The van der Waals surface area contributed by atoms with Crippen LogP contribution in [-0.4, -0.2) is 91.5 Å². The SMILES string of the molecule is C.CI.COc1ccc2c(O[C@@H]3C[C@H]4C(=O)C[C@]5(C(=O)NS(=O)(=O)C6CC6)C[C@H]5/C=C\CCCCN(C)C(=O)[C@@H]4C3)cc(-c3nc(C(C)C)cs3)nc2c1C.NS(=O)(=O)C1CC1. The van der Waals surface area contributed by atoms with E-state index in [1.807, 2.05) is 47.6 Å². The maximum atomic E-state index is 14.4. The second-order valence-electron chi connectivity index (χ2n) is 17.2. The molecule has 3 N–H and O–H groups in total. The normalized spacial score (nSPS) is 25.7. The summed E-state index contributed by atoms with van der Waals surface area (Å²) in [6, 6.07) is 5.70. The first-order valence-electron chi connectivity index (χ1n) is 20.9. The van der Waals surface area contributed by atoms with Gasteiger partial charge in [0.25, 0.3) is 0 Å². The van der Waals surface area contributed by atoms with Crippen LogP contribution in [0, 0.1) is 30.1 Å². The fourth-order valence-electron chi connectivity index (χ4n) is 8.30. The first-order valence-corrected chi connectivity index (χ1v) is 27.1. The lowest BCUT2D eigenvalue weighted by Gasteiger charge is -2.26. The molecule has 2 amide bonds. The highest BCUT2D eigenvalue weighted by Crippen LogP contribution is 2.58. The number of hydrogen-bond acceptors (Lipinski definition) is 12. The van der Waals surface area contributed by atoms with Gasteiger partial charge in [-0.05, 0) is 100 Å². The number of nitrogens with one attached hydrogen (secondary N) is 1. The van der Waals surface area contributed by atoms with E-state index in [9.17, 15) is 31.2 Å². The Hall–Kier alpha value is -3.20. The van der Waals surface area contributed by atoms with E-state index in [1.54, 1.807) is 19.1 Å². The number of methoxy groups -OCH3 is 1. The van der Waals surface area contributed by atoms with E-state index in [0.29, 0.717) is 55.8 Å². The van der Waals surface area contributed by atoms with Gasteiger partial charge in [-0.15, -0.1) is 11.3 Å². The van der Waals surface area contributed by atoms with Crippen molar-refractivity contribution in [3.05, 3.63) is 47.0 Å². The van der Waals surface area contributed by atoms with Crippen molar-refractivity contribution in [1.82, 2.24) is 19.6 Å². The molecule has 4 fully saturated rings. The van der Waals surface area contributed by atoms with Gasteiger partial charge in [-0.1, -0.05) is 56.0 Å². The van der Waals surface area contributed by atoms with Crippen LogP contribution < -0.4 is 19.3 Å². The monoisotopic (exact) mass is 1030 g/mol. The number of nitrogens with two attached hydrogens (primary N) is 1. The molecular weight excluding hydrogens is 966 g/mol. The number of carbonyl (C=O) groups is 3. The van der Waals surface area contributed by atoms with Gasteiger partial charge >= 0.3 is 0 Å². The van der Waals surface area contributed by atoms with Crippen LogP contribution in [0.1, 0.15) is 109 Å². The Kier molecular flexibility index (Phi) is 16.3. The molecule has 0 radical (unpaired) electrons. The summed E-state index contributed by atoms with van der Waals surface area (Å²) < 4.78 is 60.7. The third kappa shape index (κ3) is 11.4. The molecule has 1 aliphatic heterocycles. The number of sulfonamides is 2. The van der Waals surface area contributed by atoms with E-state index in [1.165, 1.54) is 11.3 Å². The highest BCUT2D eigenvalue weighted by molar-refractivity contribution is 14.1. The number of hydrogen-bond donors (Lipinski definition) is 2. The molecule has 342 valence electrons. The third-order valence-electron chi connectivity index (χ3n) is 12.4. The van der Waals surface area contributed by atoms with Crippen molar-refractivity contribution >= 4 is 82.5 Å². The number of rotatable bonds is 9. The fourth-order valence-corrected chi connectivity index (χ4v) is 11.4. The maximum absolute atomic E-state index is 14.4. The van der Waals surface area contributed by atoms with E-state index < -0.39 is 54.6 Å². The molecule has 0 bridgehead atoms. The molecule has 2 aromatic heterocycles. The molecule has 3 aromatic rings. The van der Waals surface area contributed by atoms with Crippen LogP contribution >= 0.6 is 33.9 Å². The van der Waals surface area contributed by atoms with Crippen molar-refractivity contribution in [2.24, 2.45) is 28.3 Å². The molecule has 3 heterocycles. The average molecular weight is 1030 g/mol. The molecule has 18 heteroatoms. The summed E-state index contributed by atoms with van der Waals surface area (Å²) in [5, 5.41) is 7.56. The number of alkyl halides is 1. The van der Waals surface area contributed by atoms with E-state index in [2.05, 4.69) is 41.2 Å². The number of halogens is 1. The molecule has 4 saturated carbocycles. The Bertz CT molecular complexity index is 2380. The minimum atomic E-state index is -3.79. The Morgan fingerprint density at radius 2 is 1.69 bits per heavy atom. The molecule has 0 spiro atoms. The number of aryl methyl sites for hydroxylation is 1. The van der Waals surface area contributed by atoms with Gasteiger partial charge in [0, 0.05) is 48.3 Å². The lowest BCUT2D eigenvalue weighted by atomic mass is 9.84. The minimum absolute atomic E-state index is 0. The zero-order chi connectivity index (χ0) is 44.4. The summed E-state index contributed by atoms with van der Waals surface area (Å²) in [5.74, 6) is -0.909. The predicted molar refractivity (Wildman–Crippen MR) is 253 cm³/mol. The Labute approximate surface area is 384 Å². The molecule has 5 aliphatic rings. The van der Waals surface area contributed by atoms with E-state index in [-0.39, 0.29) is 42.6 Å². The topological polar surface area (TPSA) is 205 Å². The quantitative estimate of drug-likeness (QED) is 0.122. The van der Waals surface area contributed by atoms with Crippen LogP contribution in [0.15, 0.2) is 35.7 Å². The highest BCUT2D eigenvalue weighted by atomic mass is 127. The number of benzene rings is 1. The predicted octanol–water partition coefficient (Wildman–Crippen LogP) is 7.47. The number of aromatic nitrogens is 2. The molecule has 5 atom stereocenters. The Morgan fingerprint density at radius 3 is 2.29 bits per heavy atom. The second-order valence-corrected chi connectivity index (χ2v) is 21.9. The van der Waals surface area contributed by atoms with E-state index >= 15 is 0 Å². The molecule has 14 nitrogen and oxygen atoms in total. The van der Waals surface area contributed by atoms with Crippen LogP contribution in [0.3, 0.4) is 0 Å². The van der Waals surface area contributed by atoms with E-state index in [4.69, 9.17) is 24.6 Å².